The molecule has 1 saturated carbocycles. The van der Waals surface area contributed by atoms with Gasteiger partial charge >= 0.3 is 0 Å². The number of rotatable bonds is 3. The van der Waals surface area contributed by atoms with Crippen molar-refractivity contribution in [3.63, 3.8) is 0 Å². The minimum atomic E-state index is 0.680. The predicted molar refractivity (Wildman–Crippen MR) is 66.1 cm³/mol. The summed E-state index contributed by atoms with van der Waals surface area (Å²) in [7, 11) is 0. The summed E-state index contributed by atoms with van der Waals surface area (Å²) >= 11 is 0. The lowest BCUT2D eigenvalue weighted by atomic mass is 10.1. The summed E-state index contributed by atoms with van der Waals surface area (Å²) in [4.78, 5) is 0. The lowest BCUT2D eigenvalue weighted by Crippen LogP contribution is -2.15. The Balaban J connectivity index is 2.12. The molecule has 0 radical (unpaired) electrons. The molecule has 0 bridgehead atoms. The molecule has 0 atom stereocenters. The maximum absolute atomic E-state index is 5.78. The second-order valence-corrected chi connectivity index (χ2v) is 4.40. The van der Waals surface area contributed by atoms with Crippen LogP contribution in [-0.2, 0) is 6.42 Å². The molecule has 2 rings (SSSR count). The summed E-state index contributed by atoms with van der Waals surface area (Å²) in [6, 6.07) is 6.86. The normalized spacial score (nSPS) is 16.9. The van der Waals surface area contributed by atoms with Gasteiger partial charge < -0.3 is 11.1 Å². The van der Waals surface area contributed by atoms with E-state index in [-0.39, 0.29) is 0 Å². The van der Waals surface area contributed by atoms with Crippen molar-refractivity contribution in [2.24, 2.45) is 0 Å². The van der Waals surface area contributed by atoms with E-state index < -0.39 is 0 Å². The third kappa shape index (κ3) is 2.44. The fourth-order valence-electron chi connectivity index (χ4n) is 2.34. The first-order valence-electron chi connectivity index (χ1n) is 5.94. The highest BCUT2D eigenvalue weighted by molar-refractivity contribution is 5.58. The third-order valence-corrected chi connectivity index (χ3v) is 3.22. The second-order valence-electron chi connectivity index (χ2n) is 4.40. The van der Waals surface area contributed by atoms with Gasteiger partial charge in [-0.25, -0.2) is 0 Å². The van der Waals surface area contributed by atoms with Crippen LogP contribution < -0.4 is 11.1 Å². The molecule has 2 heteroatoms. The molecule has 0 heterocycles. The minimum absolute atomic E-state index is 0.680. The Morgan fingerprint density at radius 3 is 2.73 bits per heavy atom. The highest BCUT2D eigenvalue weighted by atomic mass is 14.9. The van der Waals surface area contributed by atoms with Crippen LogP contribution in [-0.4, -0.2) is 6.04 Å². The highest BCUT2D eigenvalue weighted by Gasteiger charge is 2.15. The van der Waals surface area contributed by atoms with E-state index in [1.165, 1.54) is 36.9 Å². The monoisotopic (exact) mass is 204 g/mol. The summed E-state index contributed by atoms with van der Waals surface area (Å²) < 4.78 is 0. The molecule has 0 aliphatic heterocycles. The van der Waals surface area contributed by atoms with Gasteiger partial charge in [-0.15, -0.1) is 0 Å². The maximum atomic E-state index is 5.78. The topological polar surface area (TPSA) is 38.0 Å². The van der Waals surface area contributed by atoms with Gasteiger partial charge in [0.2, 0.25) is 0 Å². The van der Waals surface area contributed by atoms with Crippen molar-refractivity contribution >= 4 is 11.4 Å². The minimum Gasteiger partial charge on any atom is -0.399 e. The third-order valence-electron chi connectivity index (χ3n) is 3.22. The zero-order valence-electron chi connectivity index (χ0n) is 9.42. The SMILES string of the molecule is CCc1cc(N)ccc1NC1CCCC1. The first-order chi connectivity index (χ1) is 7.29. The Morgan fingerprint density at radius 2 is 2.07 bits per heavy atom. The van der Waals surface area contributed by atoms with Gasteiger partial charge in [0.25, 0.3) is 0 Å². The Kier molecular flexibility index (Phi) is 3.14. The Morgan fingerprint density at radius 1 is 1.33 bits per heavy atom. The number of benzene rings is 1. The Bertz CT molecular complexity index is 327. The smallest absolute Gasteiger partial charge is 0.0376 e. The van der Waals surface area contributed by atoms with Gasteiger partial charge in [0.1, 0.15) is 0 Å². The van der Waals surface area contributed by atoms with Crippen molar-refractivity contribution in [3.05, 3.63) is 23.8 Å². The van der Waals surface area contributed by atoms with Crippen LogP contribution in [0.5, 0.6) is 0 Å². The number of nitrogens with two attached hydrogens (primary N) is 1. The molecule has 3 N–H and O–H groups in total. The highest BCUT2D eigenvalue weighted by Crippen LogP contribution is 2.25. The van der Waals surface area contributed by atoms with Gasteiger partial charge in [-0.3, -0.25) is 0 Å². The standard InChI is InChI=1S/C13H20N2/c1-2-10-9-11(14)7-8-13(10)15-12-5-3-4-6-12/h7-9,12,15H,2-6,14H2,1H3. The first-order valence-corrected chi connectivity index (χ1v) is 5.94. The van der Waals surface area contributed by atoms with Crippen LogP contribution in [0.1, 0.15) is 38.2 Å². The molecule has 2 nitrogen and oxygen atoms in total. The number of hydrogen-bond donors (Lipinski definition) is 2. The number of nitrogen functional groups attached to an aromatic ring is 1. The average molecular weight is 204 g/mol. The molecule has 1 aliphatic carbocycles. The van der Waals surface area contributed by atoms with Crippen LogP contribution in [0.4, 0.5) is 11.4 Å². The van der Waals surface area contributed by atoms with Gasteiger partial charge in [0.15, 0.2) is 0 Å². The van der Waals surface area contributed by atoms with E-state index in [2.05, 4.69) is 24.4 Å². The van der Waals surface area contributed by atoms with E-state index in [1.807, 2.05) is 6.07 Å². The molecule has 0 saturated heterocycles. The van der Waals surface area contributed by atoms with Crippen molar-refractivity contribution in [3.8, 4) is 0 Å². The van der Waals surface area contributed by atoms with Gasteiger partial charge in [-0.05, 0) is 43.0 Å². The molecule has 0 amide bonds. The average Bonchev–Trinajstić information content (AvgIpc) is 2.73. The maximum Gasteiger partial charge on any atom is 0.0376 e. The van der Waals surface area contributed by atoms with Crippen molar-refractivity contribution < 1.29 is 0 Å². The number of hydrogen-bond acceptors (Lipinski definition) is 2. The van der Waals surface area contributed by atoms with E-state index in [0.29, 0.717) is 6.04 Å². The zero-order valence-corrected chi connectivity index (χ0v) is 9.42. The van der Waals surface area contributed by atoms with Crippen LogP contribution in [0.3, 0.4) is 0 Å². The lowest BCUT2D eigenvalue weighted by molar-refractivity contribution is 0.753. The molecule has 1 aliphatic rings. The van der Waals surface area contributed by atoms with Crippen LogP contribution in [0.15, 0.2) is 18.2 Å². The number of aryl methyl sites for hydroxylation is 1. The zero-order chi connectivity index (χ0) is 10.7. The van der Waals surface area contributed by atoms with Gasteiger partial charge in [0, 0.05) is 17.4 Å². The Labute approximate surface area is 91.9 Å². The molecule has 0 unspecified atom stereocenters. The molecule has 1 aromatic carbocycles. The number of anilines is 2. The summed E-state index contributed by atoms with van der Waals surface area (Å²) in [5, 5.41) is 3.63. The van der Waals surface area contributed by atoms with E-state index in [0.717, 1.165) is 12.1 Å². The molecular formula is C13H20N2. The quantitative estimate of drug-likeness (QED) is 0.742. The second kappa shape index (κ2) is 4.56. The molecular weight excluding hydrogens is 184 g/mol. The summed E-state index contributed by atoms with van der Waals surface area (Å²) in [5.41, 5.74) is 9.26. The fraction of sp³-hybridized carbons (Fsp3) is 0.538. The first kappa shape index (κ1) is 10.3. The Hall–Kier alpha value is -1.18. The van der Waals surface area contributed by atoms with E-state index >= 15 is 0 Å². The van der Waals surface area contributed by atoms with Gasteiger partial charge in [-0.1, -0.05) is 19.8 Å². The van der Waals surface area contributed by atoms with Gasteiger partial charge in [0.05, 0.1) is 0 Å². The molecule has 15 heavy (non-hydrogen) atoms. The summed E-state index contributed by atoms with van der Waals surface area (Å²) in [6.45, 7) is 2.18. The van der Waals surface area contributed by atoms with Crippen LogP contribution in [0.2, 0.25) is 0 Å². The van der Waals surface area contributed by atoms with E-state index in [4.69, 9.17) is 5.73 Å². The van der Waals surface area contributed by atoms with Crippen LogP contribution in [0.25, 0.3) is 0 Å². The molecule has 0 spiro atoms. The molecule has 0 aromatic heterocycles. The van der Waals surface area contributed by atoms with Crippen molar-refractivity contribution in [1.82, 2.24) is 0 Å². The van der Waals surface area contributed by atoms with Crippen molar-refractivity contribution in [2.45, 2.75) is 45.1 Å². The summed E-state index contributed by atoms with van der Waals surface area (Å²) in [5.74, 6) is 0. The lowest BCUT2D eigenvalue weighted by Gasteiger charge is -2.16. The fourth-order valence-corrected chi connectivity index (χ4v) is 2.34. The predicted octanol–water partition coefficient (Wildman–Crippen LogP) is 3.19. The summed E-state index contributed by atoms with van der Waals surface area (Å²) in [6.07, 6.45) is 6.41. The number of nitrogens with one attached hydrogen (secondary N) is 1. The van der Waals surface area contributed by atoms with Gasteiger partial charge in [-0.2, -0.15) is 0 Å². The molecule has 1 fully saturated rings. The largest absolute Gasteiger partial charge is 0.399 e. The van der Waals surface area contributed by atoms with E-state index in [9.17, 15) is 0 Å². The van der Waals surface area contributed by atoms with Crippen LogP contribution >= 0.6 is 0 Å². The van der Waals surface area contributed by atoms with Crippen LogP contribution in [0, 0.1) is 0 Å². The van der Waals surface area contributed by atoms with E-state index in [1.54, 1.807) is 0 Å². The van der Waals surface area contributed by atoms with Crippen molar-refractivity contribution in [1.29, 1.82) is 0 Å². The molecule has 82 valence electrons. The molecule has 1 aromatic rings. The van der Waals surface area contributed by atoms with Crippen molar-refractivity contribution in [2.75, 3.05) is 11.1 Å².